The van der Waals surface area contributed by atoms with Crippen LogP contribution in [-0.2, 0) is 17.6 Å². The highest BCUT2D eigenvalue weighted by atomic mass is 16.5. The normalized spacial score (nSPS) is 19.6. The minimum absolute atomic E-state index is 0.135. The highest BCUT2D eigenvalue weighted by Gasteiger charge is 2.22. The minimum atomic E-state index is 0.135. The SMILES string of the molecule is NC(CCc1ccco1)CC1OCCc2ccccc21. The van der Waals surface area contributed by atoms with Crippen molar-refractivity contribution in [3.8, 4) is 0 Å². The maximum atomic E-state index is 6.26. The molecule has 0 aliphatic carbocycles. The first-order valence-electron chi connectivity index (χ1n) is 7.30. The van der Waals surface area contributed by atoms with Crippen LogP contribution in [0.4, 0.5) is 0 Å². The maximum Gasteiger partial charge on any atom is 0.103 e. The largest absolute Gasteiger partial charge is 0.469 e. The molecule has 106 valence electrons. The Morgan fingerprint density at radius 3 is 2.95 bits per heavy atom. The van der Waals surface area contributed by atoms with Crippen molar-refractivity contribution in [3.05, 3.63) is 59.5 Å². The van der Waals surface area contributed by atoms with Crippen molar-refractivity contribution >= 4 is 0 Å². The van der Waals surface area contributed by atoms with E-state index < -0.39 is 0 Å². The van der Waals surface area contributed by atoms with Gasteiger partial charge in [-0.25, -0.2) is 0 Å². The highest BCUT2D eigenvalue weighted by molar-refractivity contribution is 5.31. The van der Waals surface area contributed by atoms with E-state index in [2.05, 4.69) is 24.3 Å². The molecule has 2 unspecified atom stereocenters. The van der Waals surface area contributed by atoms with E-state index in [0.717, 1.165) is 38.1 Å². The van der Waals surface area contributed by atoms with Crippen LogP contribution in [0.15, 0.2) is 47.1 Å². The fourth-order valence-corrected chi connectivity index (χ4v) is 2.85. The fourth-order valence-electron chi connectivity index (χ4n) is 2.85. The van der Waals surface area contributed by atoms with Crippen LogP contribution in [0, 0.1) is 0 Å². The summed E-state index contributed by atoms with van der Waals surface area (Å²) in [6.07, 6.45) is 5.55. The van der Waals surface area contributed by atoms with Gasteiger partial charge in [0.25, 0.3) is 0 Å². The van der Waals surface area contributed by atoms with Gasteiger partial charge in [-0.05, 0) is 42.5 Å². The van der Waals surface area contributed by atoms with Crippen molar-refractivity contribution in [1.82, 2.24) is 0 Å². The first-order valence-corrected chi connectivity index (χ1v) is 7.30. The van der Waals surface area contributed by atoms with Gasteiger partial charge in [-0.1, -0.05) is 24.3 Å². The maximum absolute atomic E-state index is 6.26. The van der Waals surface area contributed by atoms with Crippen molar-refractivity contribution in [2.45, 2.75) is 37.8 Å². The first-order chi connectivity index (χ1) is 9.83. The topological polar surface area (TPSA) is 48.4 Å². The number of nitrogens with two attached hydrogens (primary N) is 1. The molecule has 2 N–H and O–H groups in total. The molecule has 0 saturated carbocycles. The molecule has 3 rings (SSSR count). The van der Waals surface area contributed by atoms with Crippen molar-refractivity contribution in [2.75, 3.05) is 6.61 Å². The highest BCUT2D eigenvalue weighted by Crippen LogP contribution is 2.30. The summed E-state index contributed by atoms with van der Waals surface area (Å²) in [5.74, 6) is 1.01. The van der Waals surface area contributed by atoms with Gasteiger partial charge >= 0.3 is 0 Å². The quantitative estimate of drug-likeness (QED) is 0.908. The molecule has 3 nitrogen and oxygen atoms in total. The number of ether oxygens (including phenoxy) is 1. The Balaban J connectivity index is 1.58. The lowest BCUT2D eigenvalue weighted by Gasteiger charge is -2.28. The molecule has 0 fully saturated rings. The van der Waals surface area contributed by atoms with Gasteiger partial charge in [-0.2, -0.15) is 0 Å². The third-order valence-electron chi connectivity index (χ3n) is 3.95. The monoisotopic (exact) mass is 271 g/mol. The molecule has 0 amide bonds. The molecule has 0 spiro atoms. The zero-order valence-electron chi connectivity index (χ0n) is 11.6. The van der Waals surface area contributed by atoms with Gasteiger partial charge in [-0.3, -0.25) is 0 Å². The average molecular weight is 271 g/mol. The van der Waals surface area contributed by atoms with Crippen LogP contribution in [0.2, 0.25) is 0 Å². The van der Waals surface area contributed by atoms with E-state index >= 15 is 0 Å². The van der Waals surface area contributed by atoms with E-state index in [0.29, 0.717) is 0 Å². The second kappa shape index (κ2) is 6.25. The van der Waals surface area contributed by atoms with Gasteiger partial charge in [0, 0.05) is 12.5 Å². The molecule has 0 radical (unpaired) electrons. The molecule has 3 heteroatoms. The van der Waals surface area contributed by atoms with Crippen molar-refractivity contribution in [2.24, 2.45) is 5.73 Å². The lowest BCUT2D eigenvalue weighted by atomic mass is 9.92. The fraction of sp³-hybridized carbons (Fsp3) is 0.412. The molecule has 2 heterocycles. The summed E-state index contributed by atoms with van der Waals surface area (Å²) >= 11 is 0. The van der Waals surface area contributed by atoms with Crippen LogP contribution in [0.3, 0.4) is 0 Å². The minimum Gasteiger partial charge on any atom is -0.469 e. The van der Waals surface area contributed by atoms with Crippen LogP contribution >= 0.6 is 0 Å². The number of aryl methyl sites for hydroxylation is 1. The van der Waals surface area contributed by atoms with Crippen molar-refractivity contribution in [3.63, 3.8) is 0 Å². The Labute approximate surface area is 119 Å². The summed E-state index contributed by atoms with van der Waals surface area (Å²) < 4.78 is 11.3. The van der Waals surface area contributed by atoms with Crippen LogP contribution < -0.4 is 5.73 Å². The summed E-state index contributed by atoms with van der Waals surface area (Å²) in [6.45, 7) is 0.798. The second-order valence-corrected chi connectivity index (χ2v) is 5.42. The predicted molar refractivity (Wildman–Crippen MR) is 78.5 cm³/mol. The Kier molecular flexibility index (Phi) is 4.19. The molecule has 2 aromatic rings. The van der Waals surface area contributed by atoms with Crippen molar-refractivity contribution < 1.29 is 9.15 Å². The lowest BCUT2D eigenvalue weighted by Crippen LogP contribution is -2.27. The molecule has 1 aliphatic rings. The Hall–Kier alpha value is -1.58. The summed E-state index contributed by atoms with van der Waals surface area (Å²) in [4.78, 5) is 0. The van der Waals surface area contributed by atoms with Crippen LogP contribution in [0.1, 0.15) is 35.8 Å². The zero-order chi connectivity index (χ0) is 13.8. The predicted octanol–water partition coefficient (Wildman–Crippen LogP) is 3.24. The Morgan fingerprint density at radius 1 is 1.20 bits per heavy atom. The number of furan rings is 1. The molecule has 20 heavy (non-hydrogen) atoms. The number of hydrogen-bond acceptors (Lipinski definition) is 3. The molecular formula is C17H21NO2. The molecule has 1 aromatic heterocycles. The number of fused-ring (bicyclic) bond motifs is 1. The van der Waals surface area contributed by atoms with Crippen LogP contribution in [0.5, 0.6) is 0 Å². The second-order valence-electron chi connectivity index (χ2n) is 5.42. The third-order valence-corrected chi connectivity index (χ3v) is 3.95. The zero-order valence-corrected chi connectivity index (χ0v) is 11.6. The number of benzene rings is 1. The summed E-state index contributed by atoms with van der Waals surface area (Å²) in [5, 5.41) is 0. The van der Waals surface area contributed by atoms with E-state index in [9.17, 15) is 0 Å². The van der Waals surface area contributed by atoms with E-state index in [1.54, 1.807) is 6.26 Å². The van der Waals surface area contributed by atoms with Gasteiger partial charge in [0.05, 0.1) is 19.0 Å². The van der Waals surface area contributed by atoms with E-state index in [4.69, 9.17) is 14.9 Å². The molecule has 1 aliphatic heterocycles. The van der Waals surface area contributed by atoms with Gasteiger partial charge in [0.15, 0.2) is 0 Å². The lowest BCUT2D eigenvalue weighted by molar-refractivity contribution is 0.0315. The summed E-state index contributed by atoms with van der Waals surface area (Å²) in [5.41, 5.74) is 8.97. The summed E-state index contributed by atoms with van der Waals surface area (Å²) in [7, 11) is 0. The van der Waals surface area contributed by atoms with Crippen molar-refractivity contribution in [1.29, 1.82) is 0 Å². The smallest absolute Gasteiger partial charge is 0.103 e. The van der Waals surface area contributed by atoms with E-state index in [1.165, 1.54) is 11.1 Å². The molecule has 2 atom stereocenters. The Bertz CT molecular complexity index is 536. The van der Waals surface area contributed by atoms with Gasteiger partial charge in [-0.15, -0.1) is 0 Å². The van der Waals surface area contributed by atoms with Crippen LogP contribution in [0.25, 0.3) is 0 Å². The standard InChI is InChI=1S/C17H21NO2/c18-14(7-8-15-5-3-10-19-15)12-17-16-6-2-1-4-13(16)9-11-20-17/h1-6,10,14,17H,7-9,11-12,18H2. The third kappa shape index (κ3) is 3.11. The van der Waals surface area contributed by atoms with Gasteiger partial charge in [0.2, 0.25) is 0 Å². The van der Waals surface area contributed by atoms with Crippen LogP contribution in [-0.4, -0.2) is 12.6 Å². The number of hydrogen-bond donors (Lipinski definition) is 1. The average Bonchev–Trinajstić information content (AvgIpc) is 2.99. The van der Waals surface area contributed by atoms with E-state index in [-0.39, 0.29) is 12.1 Å². The molecule has 0 saturated heterocycles. The Morgan fingerprint density at radius 2 is 2.10 bits per heavy atom. The van der Waals surface area contributed by atoms with E-state index in [1.807, 2.05) is 12.1 Å². The number of rotatable bonds is 5. The van der Waals surface area contributed by atoms with Gasteiger partial charge in [0.1, 0.15) is 5.76 Å². The molecule has 0 bridgehead atoms. The molecular weight excluding hydrogens is 250 g/mol. The summed E-state index contributed by atoms with van der Waals surface area (Å²) in [6, 6.07) is 12.6. The van der Waals surface area contributed by atoms with Gasteiger partial charge < -0.3 is 14.9 Å². The molecule has 1 aromatic carbocycles. The first kappa shape index (κ1) is 13.4.